The van der Waals surface area contributed by atoms with Crippen molar-refractivity contribution in [1.82, 2.24) is 4.98 Å². The van der Waals surface area contributed by atoms with Crippen molar-refractivity contribution in [2.24, 2.45) is 0 Å². The number of hydrogen-bond donors (Lipinski definition) is 0. The van der Waals surface area contributed by atoms with Gasteiger partial charge in [-0.15, -0.1) is 0 Å². The van der Waals surface area contributed by atoms with Crippen LogP contribution in [0.4, 0.5) is 0 Å². The van der Waals surface area contributed by atoms with Crippen LogP contribution in [-0.2, 0) is 11.2 Å². The maximum atomic E-state index is 11.3. The Labute approximate surface area is 89.0 Å². The summed E-state index contributed by atoms with van der Waals surface area (Å²) in [4.78, 5) is 15.6. The van der Waals surface area contributed by atoms with Crippen molar-refractivity contribution >= 4 is 16.6 Å². The van der Waals surface area contributed by atoms with E-state index in [9.17, 15) is 4.79 Å². The van der Waals surface area contributed by atoms with Gasteiger partial charge in [-0.05, 0) is 11.5 Å². The van der Waals surface area contributed by atoms with Gasteiger partial charge in [0.15, 0.2) is 0 Å². The number of ketones is 1. The first-order valence-corrected chi connectivity index (χ1v) is 5.15. The monoisotopic (exact) mass is 199 g/mol. The van der Waals surface area contributed by atoms with Gasteiger partial charge in [0.1, 0.15) is 5.78 Å². The number of carbonyl (C=O) groups excluding carboxylic acids is 1. The van der Waals surface area contributed by atoms with Crippen molar-refractivity contribution in [3.8, 4) is 0 Å². The predicted octanol–water partition coefficient (Wildman–Crippen LogP) is 2.76. The van der Waals surface area contributed by atoms with Crippen LogP contribution in [0.5, 0.6) is 0 Å². The molecule has 0 aliphatic carbocycles. The summed E-state index contributed by atoms with van der Waals surface area (Å²) < 4.78 is 0. The fourth-order valence-corrected chi connectivity index (χ4v) is 1.55. The summed E-state index contributed by atoms with van der Waals surface area (Å²) >= 11 is 0. The molecule has 15 heavy (non-hydrogen) atoms. The van der Waals surface area contributed by atoms with Crippen molar-refractivity contribution in [3.05, 3.63) is 42.2 Å². The van der Waals surface area contributed by atoms with Crippen LogP contribution in [0.15, 0.2) is 36.5 Å². The Morgan fingerprint density at radius 3 is 2.73 bits per heavy atom. The smallest absolute Gasteiger partial charge is 0.138 e. The molecule has 2 rings (SSSR count). The molecule has 0 atom stereocenters. The lowest BCUT2D eigenvalue weighted by Crippen LogP contribution is -2.02. The average molecular weight is 199 g/mol. The van der Waals surface area contributed by atoms with Crippen molar-refractivity contribution in [3.63, 3.8) is 0 Å². The lowest BCUT2D eigenvalue weighted by molar-refractivity contribution is -0.118. The predicted molar refractivity (Wildman–Crippen MR) is 60.7 cm³/mol. The summed E-state index contributed by atoms with van der Waals surface area (Å²) in [6.45, 7) is 1.88. The largest absolute Gasteiger partial charge is 0.299 e. The van der Waals surface area contributed by atoms with Gasteiger partial charge in [-0.3, -0.25) is 9.78 Å². The Balaban J connectivity index is 2.34. The second-order valence-corrected chi connectivity index (χ2v) is 3.59. The molecule has 0 radical (unpaired) electrons. The Hall–Kier alpha value is -1.70. The van der Waals surface area contributed by atoms with Crippen LogP contribution in [0, 0.1) is 0 Å². The quantitative estimate of drug-likeness (QED) is 0.760. The minimum Gasteiger partial charge on any atom is -0.299 e. The van der Waals surface area contributed by atoms with Gasteiger partial charge >= 0.3 is 0 Å². The van der Waals surface area contributed by atoms with Gasteiger partial charge in [0.05, 0.1) is 0 Å². The number of Topliss-reactive ketones (excluding diaryl/α,β-unsaturated/α-hetero) is 1. The summed E-state index contributed by atoms with van der Waals surface area (Å²) in [6.07, 6.45) is 2.85. The molecule has 0 aliphatic rings. The van der Waals surface area contributed by atoms with Gasteiger partial charge in [0.25, 0.3) is 0 Å². The van der Waals surface area contributed by atoms with E-state index < -0.39 is 0 Å². The van der Waals surface area contributed by atoms with Crippen LogP contribution in [0.1, 0.15) is 19.0 Å². The van der Waals surface area contributed by atoms with Gasteiger partial charge in [-0.25, -0.2) is 0 Å². The fourth-order valence-electron chi connectivity index (χ4n) is 1.55. The number of carbonyl (C=O) groups is 1. The number of benzene rings is 1. The zero-order valence-electron chi connectivity index (χ0n) is 8.73. The maximum absolute atomic E-state index is 11.3. The highest BCUT2D eigenvalue weighted by molar-refractivity contribution is 5.84. The summed E-state index contributed by atoms with van der Waals surface area (Å²) in [5.41, 5.74) is 0.862. The van der Waals surface area contributed by atoms with E-state index in [1.807, 2.05) is 43.5 Å². The Morgan fingerprint density at radius 2 is 2.00 bits per heavy atom. The summed E-state index contributed by atoms with van der Waals surface area (Å²) in [7, 11) is 0. The molecular weight excluding hydrogens is 186 g/mol. The second kappa shape index (κ2) is 4.22. The number of pyridine rings is 1. The zero-order chi connectivity index (χ0) is 10.7. The summed E-state index contributed by atoms with van der Waals surface area (Å²) in [6, 6.07) is 10.0. The van der Waals surface area contributed by atoms with E-state index in [0.717, 1.165) is 16.5 Å². The Bertz CT molecular complexity index is 491. The minimum atomic E-state index is 0.234. The molecule has 1 aromatic carbocycles. The van der Waals surface area contributed by atoms with Crippen molar-refractivity contribution in [2.75, 3.05) is 0 Å². The highest BCUT2D eigenvalue weighted by Crippen LogP contribution is 2.13. The SMILES string of the molecule is CCC(=O)Cc1cc2ccccc2cn1. The first-order valence-electron chi connectivity index (χ1n) is 5.15. The van der Waals surface area contributed by atoms with E-state index >= 15 is 0 Å². The molecule has 0 N–H and O–H groups in total. The van der Waals surface area contributed by atoms with Gasteiger partial charge < -0.3 is 0 Å². The van der Waals surface area contributed by atoms with Crippen molar-refractivity contribution in [1.29, 1.82) is 0 Å². The van der Waals surface area contributed by atoms with Crippen molar-refractivity contribution in [2.45, 2.75) is 19.8 Å². The molecule has 0 fully saturated rings. The lowest BCUT2D eigenvalue weighted by Gasteiger charge is -2.01. The van der Waals surface area contributed by atoms with Crippen LogP contribution >= 0.6 is 0 Å². The molecule has 0 bridgehead atoms. The third kappa shape index (κ3) is 2.21. The van der Waals surface area contributed by atoms with E-state index in [4.69, 9.17) is 0 Å². The number of nitrogens with zero attached hydrogens (tertiary/aromatic N) is 1. The second-order valence-electron chi connectivity index (χ2n) is 3.59. The molecule has 0 unspecified atom stereocenters. The minimum absolute atomic E-state index is 0.234. The highest BCUT2D eigenvalue weighted by Gasteiger charge is 2.02. The topological polar surface area (TPSA) is 30.0 Å². The average Bonchev–Trinajstić information content (AvgIpc) is 2.29. The molecule has 2 aromatic rings. The van der Waals surface area contributed by atoms with Crippen LogP contribution in [0.25, 0.3) is 10.8 Å². The van der Waals surface area contributed by atoms with Crippen molar-refractivity contribution < 1.29 is 4.79 Å². The molecule has 0 amide bonds. The molecule has 0 spiro atoms. The number of rotatable bonds is 3. The standard InChI is InChI=1S/C13H13NO/c1-2-13(15)8-12-7-10-5-3-4-6-11(10)9-14-12/h3-7,9H,2,8H2,1H3. The van der Waals surface area contributed by atoms with E-state index in [1.165, 1.54) is 0 Å². The summed E-state index contributed by atoms with van der Waals surface area (Å²) in [5, 5.41) is 2.26. The Morgan fingerprint density at radius 1 is 1.27 bits per heavy atom. The summed E-state index contributed by atoms with van der Waals surface area (Å²) in [5.74, 6) is 0.234. The first-order chi connectivity index (χ1) is 7.29. The fraction of sp³-hybridized carbons (Fsp3) is 0.231. The van der Waals surface area contributed by atoms with Crippen LogP contribution < -0.4 is 0 Å². The van der Waals surface area contributed by atoms with E-state index in [-0.39, 0.29) is 5.78 Å². The normalized spacial score (nSPS) is 10.5. The van der Waals surface area contributed by atoms with Gasteiger partial charge in [0.2, 0.25) is 0 Å². The van der Waals surface area contributed by atoms with E-state index in [2.05, 4.69) is 4.98 Å². The molecular formula is C13H13NO. The van der Waals surface area contributed by atoms with Crippen LogP contribution in [-0.4, -0.2) is 10.8 Å². The molecule has 76 valence electrons. The number of hydrogen-bond acceptors (Lipinski definition) is 2. The van der Waals surface area contributed by atoms with Crippen LogP contribution in [0.3, 0.4) is 0 Å². The third-order valence-corrected chi connectivity index (χ3v) is 2.46. The Kier molecular flexibility index (Phi) is 2.77. The van der Waals surface area contributed by atoms with E-state index in [0.29, 0.717) is 12.8 Å². The van der Waals surface area contributed by atoms with Gasteiger partial charge in [-0.1, -0.05) is 31.2 Å². The molecule has 2 heteroatoms. The molecule has 0 saturated carbocycles. The lowest BCUT2D eigenvalue weighted by atomic mass is 10.1. The highest BCUT2D eigenvalue weighted by atomic mass is 16.1. The first kappa shape index (κ1) is 9.84. The van der Waals surface area contributed by atoms with E-state index in [1.54, 1.807) is 0 Å². The number of aromatic nitrogens is 1. The molecule has 1 heterocycles. The third-order valence-electron chi connectivity index (χ3n) is 2.46. The van der Waals surface area contributed by atoms with Gasteiger partial charge in [-0.2, -0.15) is 0 Å². The van der Waals surface area contributed by atoms with Crippen LogP contribution in [0.2, 0.25) is 0 Å². The van der Waals surface area contributed by atoms with Gasteiger partial charge in [0, 0.05) is 30.1 Å². The maximum Gasteiger partial charge on any atom is 0.138 e. The number of fused-ring (bicyclic) bond motifs is 1. The zero-order valence-corrected chi connectivity index (χ0v) is 8.73. The molecule has 0 saturated heterocycles. The molecule has 0 aliphatic heterocycles. The molecule has 2 nitrogen and oxygen atoms in total. The molecule has 1 aromatic heterocycles.